The van der Waals surface area contributed by atoms with Gasteiger partial charge in [-0.25, -0.2) is 4.39 Å². The van der Waals surface area contributed by atoms with Crippen LogP contribution < -0.4 is 10.1 Å². The Balaban J connectivity index is 2.01. The molecule has 0 aliphatic heterocycles. The number of nitrogens with one attached hydrogen (secondary N) is 1. The standard InChI is InChI=1S/C19H23FN2O2/c1-4-24-18-11-6-5-10-17(18)21-14(2)19(23)22(3)13-15-8-7-9-16(20)12-15/h5-12,14,21H,4,13H2,1-3H3/t14-/m1/s1. The van der Waals surface area contributed by atoms with Crippen molar-refractivity contribution in [2.24, 2.45) is 0 Å². The summed E-state index contributed by atoms with van der Waals surface area (Å²) in [6.07, 6.45) is 0. The first-order valence-electron chi connectivity index (χ1n) is 7.99. The Kier molecular flexibility index (Phi) is 6.18. The van der Waals surface area contributed by atoms with E-state index < -0.39 is 6.04 Å². The summed E-state index contributed by atoms with van der Waals surface area (Å²) in [5.41, 5.74) is 1.53. The first-order chi connectivity index (χ1) is 11.5. The van der Waals surface area contributed by atoms with Gasteiger partial charge < -0.3 is 15.0 Å². The van der Waals surface area contributed by atoms with Gasteiger partial charge in [-0.3, -0.25) is 4.79 Å². The lowest BCUT2D eigenvalue weighted by molar-refractivity contribution is -0.130. The molecule has 1 amide bonds. The molecule has 0 saturated heterocycles. The highest BCUT2D eigenvalue weighted by molar-refractivity contribution is 5.84. The van der Waals surface area contributed by atoms with Crippen LogP contribution in [-0.2, 0) is 11.3 Å². The molecule has 0 unspecified atom stereocenters. The third kappa shape index (κ3) is 4.72. The molecule has 0 aliphatic rings. The summed E-state index contributed by atoms with van der Waals surface area (Å²) in [5, 5.41) is 3.18. The van der Waals surface area contributed by atoms with Crippen LogP contribution in [0.25, 0.3) is 0 Å². The molecule has 0 spiro atoms. The third-order valence-electron chi connectivity index (χ3n) is 3.61. The molecular weight excluding hydrogens is 307 g/mol. The monoisotopic (exact) mass is 330 g/mol. The SMILES string of the molecule is CCOc1ccccc1N[C@H](C)C(=O)N(C)Cc1cccc(F)c1. The summed E-state index contributed by atoms with van der Waals surface area (Å²) in [6, 6.07) is 13.4. The van der Waals surface area contributed by atoms with Gasteiger partial charge in [-0.15, -0.1) is 0 Å². The van der Waals surface area contributed by atoms with Crippen molar-refractivity contribution in [3.8, 4) is 5.75 Å². The van der Waals surface area contributed by atoms with E-state index in [9.17, 15) is 9.18 Å². The molecule has 5 heteroatoms. The largest absolute Gasteiger partial charge is 0.492 e. The predicted octanol–water partition coefficient (Wildman–Crippen LogP) is 3.68. The van der Waals surface area contributed by atoms with E-state index in [1.165, 1.54) is 12.1 Å². The average molecular weight is 330 g/mol. The van der Waals surface area contributed by atoms with Crippen LogP contribution in [-0.4, -0.2) is 30.5 Å². The Morgan fingerprint density at radius 1 is 1.25 bits per heavy atom. The fourth-order valence-electron chi connectivity index (χ4n) is 2.48. The molecule has 0 bridgehead atoms. The summed E-state index contributed by atoms with van der Waals surface area (Å²) in [7, 11) is 1.71. The Morgan fingerprint density at radius 3 is 2.71 bits per heavy atom. The summed E-state index contributed by atoms with van der Waals surface area (Å²) < 4.78 is 18.8. The zero-order valence-electron chi connectivity index (χ0n) is 14.3. The number of rotatable bonds is 7. The van der Waals surface area contributed by atoms with E-state index >= 15 is 0 Å². The fourth-order valence-corrected chi connectivity index (χ4v) is 2.48. The first kappa shape index (κ1) is 17.8. The van der Waals surface area contributed by atoms with E-state index in [1.54, 1.807) is 31.0 Å². The summed E-state index contributed by atoms with van der Waals surface area (Å²) >= 11 is 0. The number of ether oxygens (including phenoxy) is 1. The normalized spacial score (nSPS) is 11.7. The van der Waals surface area contributed by atoms with Crippen LogP contribution in [0.15, 0.2) is 48.5 Å². The van der Waals surface area contributed by atoms with Gasteiger partial charge in [0.25, 0.3) is 0 Å². The van der Waals surface area contributed by atoms with E-state index in [-0.39, 0.29) is 11.7 Å². The number of amides is 1. The van der Waals surface area contributed by atoms with Crippen molar-refractivity contribution >= 4 is 11.6 Å². The lowest BCUT2D eigenvalue weighted by Crippen LogP contribution is -2.38. The van der Waals surface area contributed by atoms with Gasteiger partial charge in [0.05, 0.1) is 12.3 Å². The zero-order chi connectivity index (χ0) is 17.5. The zero-order valence-corrected chi connectivity index (χ0v) is 14.3. The van der Waals surface area contributed by atoms with Gasteiger partial charge in [0.15, 0.2) is 0 Å². The molecule has 0 fully saturated rings. The number of anilines is 1. The summed E-state index contributed by atoms with van der Waals surface area (Å²) in [6.45, 7) is 4.63. The molecule has 0 aromatic heterocycles. The van der Waals surface area contributed by atoms with E-state index in [0.29, 0.717) is 18.9 Å². The second-order valence-corrected chi connectivity index (χ2v) is 5.62. The minimum absolute atomic E-state index is 0.0782. The molecule has 128 valence electrons. The van der Waals surface area contributed by atoms with Crippen molar-refractivity contribution in [2.45, 2.75) is 26.4 Å². The lowest BCUT2D eigenvalue weighted by Gasteiger charge is -2.23. The molecule has 0 heterocycles. The minimum Gasteiger partial charge on any atom is -0.492 e. The van der Waals surface area contributed by atoms with E-state index in [1.807, 2.05) is 31.2 Å². The van der Waals surface area contributed by atoms with Crippen LogP contribution in [0.5, 0.6) is 5.75 Å². The van der Waals surface area contributed by atoms with Crippen molar-refractivity contribution in [1.29, 1.82) is 0 Å². The van der Waals surface area contributed by atoms with Crippen molar-refractivity contribution < 1.29 is 13.9 Å². The summed E-state index contributed by atoms with van der Waals surface area (Å²) in [4.78, 5) is 14.1. The Bertz CT molecular complexity index is 691. The van der Waals surface area contributed by atoms with E-state index in [0.717, 1.165) is 11.3 Å². The number of carbonyl (C=O) groups excluding carboxylic acids is 1. The lowest BCUT2D eigenvalue weighted by atomic mass is 10.2. The van der Waals surface area contributed by atoms with Crippen molar-refractivity contribution in [2.75, 3.05) is 19.0 Å². The second kappa shape index (κ2) is 8.34. The predicted molar refractivity (Wildman–Crippen MR) is 93.6 cm³/mol. The average Bonchev–Trinajstić information content (AvgIpc) is 2.56. The number of hydrogen-bond donors (Lipinski definition) is 1. The smallest absolute Gasteiger partial charge is 0.244 e. The molecular formula is C19H23FN2O2. The maximum atomic E-state index is 13.3. The number of hydrogen-bond acceptors (Lipinski definition) is 3. The van der Waals surface area contributed by atoms with Gasteiger partial charge in [0, 0.05) is 13.6 Å². The molecule has 1 atom stereocenters. The molecule has 2 rings (SSSR count). The highest BCUT2D eigenvalue weighted by Gasteiger charge is 2.19. The van der Waals surface area contributed by atoms with Crippen LogP contribution in [0.4, 0.5) is 10.1 Å². The molecule has 2 aromatic rings. The quantitative estimate of drug-likeness (QED) is 0.842. The van der Waals surface area contributed by atoms with Gasteiger partial charge in [0.1, 0.15) is 17.6 Å². The topological polar surface area (TPSA) is 41.6 Å². The van der Waals surface area contributed by atoms with Crippen LogP contribution in [0, 0.1) is 5.82 Å². The molecule has 0 radical (unpaired) electrons. The number of para-hydroxylation sites is 2. The first-order valence-corrected chi connectivity index (χ1v) is 7.99. The van der Waals surface area contributed by atoms with Gasteiger partial charge in [-0.1, -0.05) is 24.3 Å². The third-order valence-corrected chi connectivity index (χ3v) is 3.61. The van der Waals surface area contributed by atoms with Gasteiger partial charge in [-0.05, 0) is 43.7 Å². The molecule has 0 saturated carbocycles. The molecule has 2 aromatic carbocycles. The molecule has 24 heavy (non-hydrogen) atoms. The number of halogens is 1. The number of likely N-dealkylation sites (N-methyl/N-ethyl adjacent to an activating group) is 1. The van der Waals surface area contributed by atoms with Crippen LogP contribution in [0.2, 0.25) is 0 Å². The molecule has 4 nitrogen and oxygen atoms in total. The number of benzene rings is 2. The number of carbonyl (C=O) groups is 1. The minimum atomic E-state index is -0.426. The van der Waals surface area contributed by atoms with Crippen molar-refractivity contribution in [3.63, 3.8) is 0 Å². The van der Waals surface area contributed by atoms with E-state index in [4.69, 9.17) is 4.74 Å². The van der Waals surface area contributed by atoms with Crippen LogP contribution in [0.1, 0.15) is 19.4 Å². The maximum Gasteiger partial charge on any atom is 0.244 e. The highest BCUT2D eigenvalue weighted by Crippen LogP contribution is 2.24. The van der Waals surface area contributed by atoms with Gasteiger partial charge in [-0.2, -0.15) is 0 Å². The van der Waals surface area contributed by atoms with E-state index in [2.05, 4.69) is 5.32 Å². The highest BCUT2D eigenvalue weighted by atomic mass is 19.1. The summed E-state index contributed by atoms with van der Waals surface area (Å²) in [5.74, 6) is 0.336. The number of nitrogens with zero attached hydrogens (tertiary/aromatic N) is 1. The fraction of sp³-hybridized carbons (Fsp3) is 0.316. The van der Waals surface area contributed by atoms with Crippen molar-refractivity contribution in [3.05, 3.63) is 59.9 Å². The van der Waals surface area contributed by atoms with Crippen LogP contribution in [0.3, 0.4) is 0 Å². The second-order valence-electron chi connectivity index (χ2n) is 5.62. The Labute approximate surface area is 142 Å². The Hall–Kier alpha value is -2.56. The van der Waals surface area contributed by atoms with Crippen LogP contribution >= 0.6 is 0 Å². The molecule has 0 aliphatic carbocycles. The molecule has 1 N–H and O–H groups in total. The maximum absolute atomic E-state index is 13.3. The Morgan fingerprint density at radius 2 is 2.00 bits per heavy atom. The van der Waals surface area contributed by atoms with Crippen molar-refractivity contribution in [1.82, 2.24) is 4.90 Å². The van der Waals surface area contributed by atoms with Gasteiger partial charge >= 0.3 is 0 Å². The van der Waals surface area contributed by atoms with Gasteiger partial charge in [0.2, 0.25) is 5.91 Å².